The van der Waals surface area contributed by atoms with E-state index in [1.165, 1.54) is 11.8 Å². The minimum atomic E-state index is 0.0278. The summed E-state index contributed by atoms with van der Waals surface area (Å²) in [6.45, 7) is 6.32. The van der Waals surface area contributed by atoms with Crippen LogP contribution in [-0.4, -0.2) is 64.7 Å². The van der Waals surface area contributed by atoms with Gasteiger partial charge >= 0.3 is 0 Å². The number of amides is 1. The summed E-state index contributed by atoms with van der Waals surface area (Å²) in [6, 6.07) is 3.68. The summed E-state index contributed by atoms with van der Waals surface area (Å²) in [5.41, 5.74) is 0. The number of morpholine rings is 1. The monoisotopic (exact) mass is 365 g/mol. The second-order valence-corrected chi connectivity index (χ2v) is 6.69. The lowest BCUT2D eigenvalue weighted by Gasteiger charge is -2.27. The normalized spacial score (nSPS) is 14.7. The highest BCUT2D eigenvalue weighted by Crippen LogP contribution is 2.23. The van der Waals surface area contributed by atoms with Gasteiger partial charge in [-0.1, -0.05) is 11.8 Å². The van der Waals surface area contributed by atoms with E-state index in [1.54, 1.807) is 18.2 Å². The van der Waals surface area contributed by atoms with Crippen molar-refractivity contribution in [2.24, 2.45) is 0 Å². The summed E-state index contributed by atoms with van der Waals surface area (Å²) in [6.07, 6.45) is 1.61. The highest BCUT2D eigenvalue weighted by atomic mass is 32.2. The van der Waals surface area contributed by atoms with E-state index in [4.69, 9.17) is 9.15 Å². The third kappa shape index (κ3) is 4.35. The van der Waals surface area contributed by atoms with Gasteiger partial charge < -0.3 is 19.0 Å². The van der Waals surface area contributed by atoms with Crippen molar-refractivity contribution < 1.29 is 13.9 Å². The molecule has 2 aromatic heterocycles. The summed E-state index contributed by atoms with van der Waals surface area (Å²) in [4.78, 5) is 16.2. The largest absolute Gasteiger partial charge is 0.467 e. The molecule has 0 bridgehead atoms. The number of rotatable bonds is 7. The summed E-state index contributed by atoms with van der Waals surface area (Å²) in [5.74, 6) is 1.97. The van der Waals surface area contributed by atoms with Gasteiger partial charge in [-0.3, -0.25) is 9.36 Å². The van der Waals surface area contributed by atoms with Crippen LogP contribution >= 0.6 is 11.8 Å². The third-order valence-corrected chi connectivity index (χ3v) is 4.98. The smallest absolute Gasteiger partial charge is 0.233 e. The summed E-state index contributed by atoms with van der Waals surface area (Å²) >= 11 is 1.42. The van der Waals surface area contributed by atoms with Crippen molar-refractivity contribution in [1.29, 1.82) is 0 Å². The number of ether oxygens (including phenoxy) is 1. The molecule has 0 radical (unpaired) electrons. The molecule has 1 aliphatic heterocycles. The highest BCUT2D eigenvalue weighted by molar-refractivity contribution is 7.99. The van der Waals surface area contributed by atoms with Gasteiger partial charge in [-0.2, -0.15) is 0 Å². The van der Waals surface area contributed by atoms with Crippen molar-refractivity contribution in [3.05, 3.63) is 24.2 Å². The molecule has 136 valence electrons. The second kappa shape index (κ2) is 8.39. The number of carbonyl (C=O) groups excluding carboxylic acids is 1. The van der Waals surface area contributed by atoms with Crippen LogP contribution in [0.2, 0.25) is 0 Å². The maximum absolute atomic E-state index is 12.3. The van der Waals surface area contributed by atoms with Crippen LogP contribution in [0.1, 0.15) is 12.7 Å². The van der Waals surface area contributed by atoms with Crippen LogP contribution in [0.15, 0.2) is 28.0 Å². The molecule has 2 aromatic rings. The molecule has 1 saturated heterocycles. The van der Waals surface area contributed by atoms with E-state index in [1.807, 2.05) is 12.1 Å². The lowest BCUT2D eigenvalue weighted by Crippen LogP contribution is -2.38. The van der Waals surface area contributed by atoms with Gasteiger partial charge in [-0.15, -0.1) is 10.2 Å². The number of carbonyl (C=O) groups is 1. The van der Waals surface area contributed by atoms with Gasteiger partial charge in [0.2, 0.25) is 11.9 Å². The first kappa shape index (κ1) is 17.8. The fraction of sp³-hybridized carbons (Fsp3) is 0.562. The Labute approximate surface area is 151 Å². The van der Waals surface area contributed by atoms with E-state index < -0.39 is 0 Å². The van der Waals surface area contributed by atoms with Crippen molar-refractivity contribution in [3.8, 4) is 0 Å². The lowest BCUT2D eigenvalue weighted by molar-refractivity contribution is -0.127. The van der Waals surface area contributed by atoms with Crippen LogP contribution in [0.25, 0.3) is 0 Å². The molecule has 1 fully saturated rings. The van der Waals surface area contributed by atoms with Crippen LogP contribution in [0.4, 0.5) is 5.95 Å². The van der Waals surface area contributed by atoms with E-state index in [0.29, 0.717) is 25.5 Å². The molecular weight excluding hydrogens is 342 g/mol. The number of nitrogens with zero attached hydrogens (tertiary/aromatic N) is 5. The molecule has 0 atom stereocenters. The first-order valence-corrected chi connectivity index (χ1v) is 9.32. The molecule has 8 nitrogen and oxygen atoms in total. The van der Waals surface area contributed by atoms with Crippen LogP contribution in [0.3, 0.4) is 0 Å². The van der Waals surface area contributed by atoms with Crippen molar-refractivity contribution in [1.82, 2.24) is 19.7 Å². The molecule has 0 unspecified atom stereocenters. The molecule has 9 heteroatoms. The van der Waals surface area contributed by atoms with Gasteiger partial charge in [0.25, 0.3) is 0 Å². The average molecular weight is 365 g/mol. The fourth-order valence-electron chi connectivity index (χ4n) is 2.62. The molecule has 1 amide bonds. The number of furan rings is 1. The maximum Gasteiger partial charge on any atom is 0.233 e. The van der Waals surface area contributed by atoms with Gasteiger partial charge in [-0.05, 0) is 19.1 Å². The summed E-state index contributed by atoms with van der Waals surface area (Å²) < 4.78 is 12.7. The molecule has 3 rings (SSSR count). The maximum atomic E-state index is 12.3. The lowest BCUT2D eigenvalue weighted by atomic mass is 10.4. The molecule has 0 saturated carbocycles. The molecule has 0 aromatic carbocycles. The number of aromatic nitrogens is 3. The Balaban J connectivity index is 1.58. The van der Waals surface area contributed by atoms with Crippen LogP contribution in [0, 0.1) is 0 Å². The van der Waals surface area contributed by atoms with E-state index in [-0.39, 0.29) is 5.91 Å². The van der Waals surface area contributed by atoms with Gasteiger partial charge in [0.1, 0.15) is 5.76 Å². The summed E-state index contributed by atoms with van der Waals surface area (Å²) in [5, 5.41) is 9.36. The van der Waals surface area contributed by atoms with Crippen LogP contribution < -0.4 is 4.90 Å². The van der Waals surface area contributed by atoms with E-state index in [9.17, 15) is 4.79 Å². The van der Waals surface area contributed by atoms with Crippen LogP contribution in [-0.2, 0) is 22.6 Å². The molecule has 1 aliphatic rings. The van der Waals surface area contributed by atoms with E-state index >= 15 is 0 Å². The quantitative estimate of drug-likeness (QED) is 0.688. The SMILES string of the molecule is CCn1c(SCC(=O)N(C)Cc2ccco2)nnc1N1CCOCC1. The van der Waals surface area contributed by atoms with Crippen molar-refractivity contribution in [2.75, 3.05) is 44.0 Å². The zero-order chi connectivity index (χ0) is 17.6. The third-order valence-electron chi connectivity index (χ3n) is 4.03. The van der Waals surface area contributed by atoms with Gasteiger partial charge in [0.05, 0.1) is 31.8 Å². The Kier molecular flexibility index (Phi) is 5.98. The first-order valence-electron chi connectivity index (χ1n) is 8.34. The Morgan fingerprint density at radius 3 is 2.84 bits per heavy atom. The number of anilines is 1. The molecule has 0 spiro atoms. The van der Waals surface area contributed by atoms with Crippen molar-refractivity contribution in [3.63, 3.8) is 0 Å². The molecule has 0 N–H and O–H groups in total. The van der Waals surface area contributed by atoms with Crippen molar-refractivity contribution in [2.45, 2.75) is 25.2 Å². The number of hydrogen-bond donors (Lipinski definition) is 0. The summed E-state index contributed by atoms with van der Waals surface area (Å²) in [7, 11) is 1.77. The highest BCUT2D eigenvalue weighted by Gasteiger charge is 2.21. The predicted molar refractivity (Wildman–Crippen MR) is 94.6 cm³/mol. The van der Waals surface area contributed by atoms with E-state index in [2.05, 4.69) is 26.6 Å². The molecular formula is C16H23N5O3S. The Bertz CT molecular complexity index is 682. The topological polar surface area (TPSA) is 76.6 Å². The Morgan fingerprint density at radius 1 is 1.36 bits per heavy atom. The van der Waals surface area contributed by atoms with Crippen molar-refractivity contribution >= 4 is 23.6 Å². The van der Waals surface area contributed by atoms with E-state index in [0.717, 1.165) is 36.5 Å². The average Bonchev–Trinajstić information content (AvgIpc) is 3.29. The van der Waals surface area contributed by atoms with Gasteiger partial charge in [0, 0.05) is 26.7 Å². The zero-order valence-electron chi connectivity index (χ0n) is 14.6. The minimum absolute atomic E-state index is 0.0278. The van der Waals surface area contributed by atoms with Gasteiger partial charge in [-0.25, -0.2) is 0 Å². The zero-order valence-corrected chi connectivity index (χ0v) is 15.4. The van der Waals surface area contributed by atoms with Crippen LogP contribution in [0.5, 0.6) is 0 Å². The first-order chi connectivity index (χ1) is 12.2. The predicted octanol–water partition coefficient (Wildman–Crippen LogP) is 1.48. The fourth-order valence-corrected chi connectivity index (χ4v) is 3.56. The standard InChI is InChI=1S/C16H23N5O3S/c1-3-21-15(20-6-9-23-10-7-20)17-18-16(21)25-12-14(22)19(2)11-13-5-4-8-24-13/h4-5,8H,3,6-7,9-12H2,1-2H3. The molecule has 3 heterocycles. The Hall–Kier alpha value is -2.00. The molecule has 0 aliphatic carbocycles. The Morgan fingerprint density at radius 2 is 2.16 bits per heavy atom. The number of hydrogen-bond acceptors (Lipinski definition) is 7. The minimum Gasteiger partial charge on any atom is -0.467 e. The second-order valence-electron chi connectivity index (χ2n) is 5.74. The van der Waals surface area contributed by atoms with Gasteiger partial charge in [0.15, 0.2) is 5.16 Å². The number of thioether (sulfide) groups is 1. The molecule has 25 heavy (non-hydrogen) atoms.